The third-order valence-corrected chi connectivity index (χ3v) is 2.26. The first-order valence-electron chi connectivity index (χ1n) is 4.87. The minimum atomic E-state index is 0.0524. The molecule has 1 aliphatic heterocycles. The van der Waals surface area contributed by atoms with Gasteiger partial charge < -0.3 is 15.5 Å². The Balaban J connectivity index is 2.36. The molecule has 4 heteroatoms. The average molecular weight is 185 g/mol. The van der Waals surface area contributed by atoms with E-state index in [1.54, 1.807) is 4.90 Å². The van der Waals surface area contributed by atoms with E-state index in [0.717, 1.165) is 25.9 Å². The van der Waals surface area contributed by atoms with E-state index in [4.69, 9.17) is 5.73 Å². The molecule has 4 nitrogen and oxygen atoms in total. The monoisotopic (exact) mass is 185 g/mol. The summed E-state index contributed by atoms with van der Waals surface area (Å²) in [7, 11) is 1.81. The molecule has 2 N–H and O–H groups in total. The second-order valence-electron chi connectivity index (χ2n) is 3.83. The maximum absolute atomic E-state index is 11.7. The molecule has 0 aromatic heterocycles. The lowest BCUT2D eigenvalue weighted by atomic mass is 10.3. The topological polar surface area (TPSA) is 49.6 Å². The van der Waals surface area contributed by atoms with Crippen LogP contribution >= 0.6 is 0 Å². The van der Waals surface area contributed by atoms with Gasteiger partial charge in [0.05, 0.1) is 0 Å². The summed E-state index contributed by atoms with van der Waals surface area (Å²) in [6, 6.07) is 0.173. The van der Waals surface area contributed by atoms with E-state index < -0.39 is 0 Å². The highest BCUT2D eigenvalue weighted by Crippen LogP contribution is 2.09. The zero-order chi connectivity index (χ0) is 9.84. The molecule has 0 aromatic rings. The van der Waals surface area contributed by atoms with Gasteiger partial charge in [0.25, 0.3) is 0 Å². The molecule has 76 valence electrons. The second kappa shape index (κ2) is 4.46. The van der Waals surface area contributed by atoms with Crippen molar-refractivity contribution in [2.75, 3.05) is 26.7 Å². The molecule has 0 saturated carbocycles. The predicted octanol–water partition coefficient (Wildman–Crippen LogP) is 0.481. The molecule has 0 radical (unpaired) electrons. The van der Waals surface area contributed by atoms with Gasteiger partial charge >= 0.3 is 6.03 Å². The molecule has 0 bridgehead atoms. The molecule has 1 saturated heterocycles. The fourth-order valence-electron chi connectivity index (χ4n) is 1.66. The second-order valence-corrected chi connectivity index (χ2v) is 3.83. The number of carbonyl (C=O) groups excluding carboxylic acids is 1. The van der Waals surface area contributed by atoms with Crippen LogP contribution in [-0.4, -0.2) is 48.6 Å². The summed E-state index contributed by atoms with van der Waals surface area (Å²) >= 11 is 0. The number of urea groups is 1. The zero-order valence-corrected chi connectivity index (χ0v) is 8.49. The van der Waals surface area contributed by atoms with Crippen LogP contribution in [0.3, 0.4) is 0 Å². The largest absolute Gasteiger partial charge is 0.326 e. The summed E-state index contributed by atoms with van der Waals surface area (Å²) in [6.07, 6.45) is 2.27. The van der Waals surface area contributed by atoms with Crippen LogP contribution in [0.4, 0.5) is 4.79 Å². The lowest BCUT2D eigenvalue weighted by Gasteiger charge is -2.25. The lowest BCUT2D eigenvalue weighted by molar-refractivity contribution is 0.171. The van der Waals surface area contributed by atoms with Crippen LogP contribution in [0.15, 0.2) is 0 Å². The first-order valence-corrected chi connectivity index (χ1v) is 4.87. The van der Waals surface area contributed by atoms with Gasteiger partial charge in [-0.15, -0.1) is 0 Å². The quantitative estimate of drug-likeness (QED) is 0.680. The lowest BCUT2D eigenvalue weighted by Crippen LogP contribution is -2.44. The molecule has 0 spiro atoms. The summed E-state index contributed by atoms with van der Waals surface area (Å²) in [5.41, 5.74) is 5.62. The Hall–Kier alpha value is -0.770. The number of hydrogen-bond acceptors (Lipinski definition) is 2. The molecule has 0 aliphatic carbocycles. The van der Waals surface area contributed by atoms with Crippen molar-refractivity contribution < 1.29 is 4.79 Å². The Morgan fingerprint density at radius 3 is 2.54 bits per heavy atom. The summed E-state index contributed by atoms with van der Waals surface area (Å²) < 4.78 is 0. The number of amides is 2. The minimum Gasteiger partial charge on any atom is -0.326 e. The fourth-order valence-corrected chi connectivity index (χ4v) is 1.66. The molecule has 1 rings (SSSR count). The number of nitrogens with two attached hydrogens (primary N) is 1. The van der Waals surface area contributed by atoms with E-state index in [0.29, 0.717) is 6.54 Å². The Kier molecular flexibility index (Phi) is 3.54. The van der Waals surface area contributed by atoms with E-state index in [2.05, 4.69) is 0 Å². The van der Waals surface area contributed by atoms with Crippen molar-refractivity contribution in [3.8, 4) is 0 Å². The first kappa shape index (κ1) is 10.3. The number of carbonyl (C=O) groups is 1. The van der Waals surface area contributed by atoms with Gasteiger partial charge in [-0.3, -0.25) is 0 Å². The van der Waals surface area contributed by atoms with Gasteiger partial charge in [-0.25, -0.2) is 4.79 Å². The van der Waals surface area contributed by atoms with Gasteiger partial charge in [-0.2, -0.15) is 0 Å². The van der Waals surface area contributed by atoms with Gasteiger partial charge in [-0.05, 0) is 19.8 Å². The molecule has 1 heterocycles. The van der Waals surface area contributed by atoms with Crippen molar-refractivity contribution in [1.29, 1.82) is 0 Å². The minimum absolute atomic E-state index is 0.0524. The number of nitrogens with zero attached hydrogens (tertiary/aromatic N) is 2. The molecule has 1 aliphatic rings. The van der Waals surface area contributed by atoms with Gasteiger partial charge in [0.15, 0.2) is 0 Å². The maximum Gasteiger partial charge on any atom is 0.319 e. The molecule has 0 aromatic carbocycles. The normalized spacial score (nSPS) is 18.8. The number of likely N-dealkylation sites (tertiary alicyclic amines) is 1. The van der Waals surface area contributed by atoms with Gasteiger partial charge in [-0.1, -0.05) is 0 Å². The highest BCUT2D eigenvalue weighted by molar-refractivity contribution is 5.74. The van der Waals surface area contributed by atoms with Crippen LogP contribution in [0.1, 0.15) is 19.8 Å². The fraction of sp³-hybridized carbons (Fsp3) is 0.889. The van der Waals surface area contributed by atoms with Crippen LogP contribution in [0.2, 0.25) is 0 Å². The van der Waals surface area contributed by atoms with Crippen molar-refractivity contribution in [3.05, 3.63) is 0 Å². The predicted molar refractivity (Wildman–Crippen MR) is 52.5 cm³/mol. The highest BCUT2D eigenvalue weighted by atomic mass is 16.2. The summed E-state index contributed by atoms with van der Waals surface area (Å²) in [5.74, 6) is 0. The Morgan fingerprint density at radius 1 is 1.54 bits per heavy atom. The number of likely N-dealkylation sites (N-methyl/N-ethyl adjacent to an activating group) is 1. The first-order chi connectivity index (χ1) is 6.11. The maximum atomic E-state index is 11.7. The molecule has 1 unspecified atom stereocenters. The van der Waals surface area contributed by atoms with Crippen LogP contribution in [0.25, 0.3) is 0 Å². The highest BCUT2D eigenvalue weighted by Gasteiger charge is 2.21. The van der Waals surface area contributed by atoms with Crippen LogP contribution in [-0.2, 0) is 0 Å². The zero-order valence-electron chi connectivity index (χ0n) is 8.49. The standard InChI is InChI=1S/C9H19N3O/c1-8(10)7-11(2)9(13)12-5-3-4-6-12/h8H,3-7,10H2,1-2H3. The third kappa shape index (κ3) is 2.88. The Labute approximate surface area is 79.7 Å². The van der Waals surface area contributed by atoms with E-state index in [-0.39, 0.29) is 12.1 Å². The smallest absolute Gasteiger partial charge is 0.319 e. The van der Waals surface area contributed by atoms with E-state index in [1.807, 2.05) is 18.9 Å². The molecular formula is C9H19N3O. The van der Waals surface area contributed by atoms with Crippen molar-refractivity contribution in [2.45, 2.75) is 25.8 Å². The van der Waals surface area contributed by atoms with Crippen molar-refractivity contribution in [1.82, 2.24) is 9.80 Å². The van der Waals surface area contributed by atoms with E-state index in [9.17, 15) is 4.79 Å². The van der Waals surface area contributed by atoms with Crippen LogP contribution < -0.4 is 5.73 Å². The van der Waals surface area contributed by atoms with Crippen LogP contribution in [0.5, 0.6) is 0 Å². The number of hydrogen-bond donors (Lipinski definition) is 1. The van der Waals surface area contributed by atoms with Gasteiger partial charge in [0.1, 0.15) is 0 Å². The molecule has 1 fully saturated rings. The summed E-state index contributed by atoms with van der Waals surface area (Å²) in [5, 5.41) is 0. The van der Waals surface area contributed by atoms with Crippen molar-refractivity contribution in [3.63, 3.8) is 0 Å². The molecule has 1 atom stereocenters. The van der Waals surface area contributed by atoms with Crippen molar-refractivity contribution in [2.24, 2.45) is 5.73 Å². The Morgan fingerprint density at radius 2 is 2.08 bits per heavy atom. The molecule has 13 heavy (non-hydrogen) atoms. The SMILES string of the molecule is CC(N)CN(C)C(=O)N1CCCC1. The van der Waals surface area contributed by atoms with E-state index >= 15 is 0 Å². The summed E-state index contributed by atoms with van der Waals surface area (Å²) in [6.45, 7) is 4.35. The van der Waals surface area contributed by atoms with Crippen LogP contribution in [0, 0.1) is 0 Å². The number of rotatable bonds is 2. The molecule has 2 amide bonds. The average Bonchev–Trinajstić information content (AvgIpc) is 2.53. The summed E-state index contributed by atoms with van der Waals surface area (Å²) in [4.78, 5) is 15.3. The van der Waals surface area contributed by atoms with Crippen molar-refractivity contribution >= 4 is 6.03 Å². The van der Waals surface area contributed by atoms with Gasteiger partial charge in [0.2, 0.25) is 0 Å². The van der Waals surface area contributed by atoms with E-state index in [1.165, 1.54) is 0 Å². The Bertz CT molecular complexity index is 176. The molecular weight excluding hydrogens is 166 g/mol. The van der Waals surface area contributed by atoms with Gasteiger partial charge in [0, 0.05) is 32.7 Å². The third-order valence-electron chi connectivity index (χ3n) is 2.26.